The Balaban J connectivity index is 1.47. The van der Waals surface area contributed by atoms with Crippen LogP contribution < -0.4 is 14.5 Å². The summed E-state index contributed by atoms with van der Waals surface area (Å²) in [6.07, 6.45) is 1.72. The van der Waals surface area contributed by atoms with Crippen LogP contribution in [-0.4, -0.2) is 54.1 Å². The number of aliphatic carboxylic acids is 1. The van der Waals surface area contributed by atoms with Crippen molar-refractivity contribution in [2.24, 2.45) is 0 Å². The third-order valence-electron chi connectivity index (χ3n) is 5.03. The SMILES string of the molecule is O=C(O)CCOc1cc(Cl)cc(N2CCN(c3cnnc4c(Cl)cccc34)CC2)c1. The van der Waals surface area contributed by atoms with Gasteiger partial charge in [-0.05, 0) is 18.2 Å². The van der Waals surface area contributed by atoms with Crippen LogP contribution in [0.2, 0.25) is 10.0 Å². The summed E-state index contributed by atoms with van der Waals surface area (Å²) in [4.78, 5) is 15.2. The fourth-order valence-electron chi connectivity index (χ4n) is 3.56. The van der Waals surface area contributed by atoms with E-state index in [0.717, 1.165) is 42.9 Å². The Labute approximate surface area is 183 Å². The summed E-state index contributed by atoms with van der Waals surface area (Å²) < 4.78 is 5.55. The van der Waals surface area contributed by atoms with E-state index in [0.29, 0.717) is 21.3 Å². The van der Waals surface area contributed by atoms with Crippen molar-refractivity contribution >= 4 is 51.4 Å². The highest BCUT2D eigenvalue weighted by Gasteiger charge is 2.21. The Bertz CT molecular complexity index is 1070. The Morgan fingerprint density at radius 1 is 1.10 bits per heavy atom. The Hall–Kier alpha value is -2.77. The average molecular weight is 447 g/mol. The van der Waals surface area contributed by atoms with Crippen molar-refractivity contribution in [3.63, 3.8) is 0 Å². The lowest BCUT2D eigenvalue weighted by Gasteiger charge is -2.37. The molecular weight excluding hydrogens is 427 g/mol. The van der Waals surface area contributed by atoms with Crippen LogP contribution in [0.25, 0.3) is 10.9 Å². The van der Waals surface area contributed by atoms with E-state index in [-0.39, 0.29) is 13.0 Å². The highest BCUT2D eigenvalue weighted by Crippen LogP contribution is 2.31. The smallest absolute Gasteiger partial charge is 0.306 e. The van der Waals surface area contributed by atoms with Gasteiger partial charge in [-0.25, -0.2) is 0 Å². The number of anilines is 2. The van der Waals surface area contributed by atoms with Crippen molar-refractivity contribution in [1.82, 2.24) is 10.2 Å². The van der Waals surface area contributed by atoms with Gasteiger partial charge in [0.2, 0.25) is 0 Å². The van der Waals surface area contributed by atoms with Crippen LogP contribution in [0.4, 0.5) is 11.4 Å². The van der Waals surface area contributed by atoms with Gasteiger partial charge in [-0.2, -0.15) is 5.10 Å². The minimum Gasteiger partial charge on any atom is -0.493 e. The number of rotatable bonds is 6. The quantitative estimate of drug-likeness (QED) is 0.609. The molecule has 0 amide bonds. The van der Waals surface area contributed by atoms with Crippen LogP contribution in [0.3, 0.4) is 0 Å². The van der Waals surface area contributed by atoms with Crippen LogP contribution in [0, 0.1) is 0 Å². The monoisotopic (exact) mass is 446 g/mol. The van der Waals surface area contributed by atoms with Gasteiger partial charge in [0.05, 0.1) is 29.9 Å². The van der Waals surface area contributed by atoms with E-state index in [1.54, 1.807) is 12.3 Å². The predicted octanol–water partition coefficient (Wildman–Crippen LogP) is 4.12. The number of piperazine rings is 1. The lowest BCUT2D eigenvalue weighted by atomic mass is 10.1. The van der Waals surface area contributed by atoms with Crippen molar-refractivity contribution in [3.05, 3.63) is 52.6 Å². The van der Waals surface area contributed by atoms with Gasteiger partial charge in [-0.15, -0.1) is 5.10 Å². The predicted molar refractivity (Wildman–Crippen MR) is 118 cm³/mol. The summed E-state index contributed by atoms with van der Waals surface area (Å²) in [5.74, 6) is -0.326. The zero-order valence-electron chi connectivity index (χ0n) is 16.1. The highest BCUT2D eigenvalue weighted by atomic mass is 35.5. The Kier molecular flexibility index (Phi) is 6.11. The molecular formula is C21H20Cl2N4O3. The van der Waals surface area contributed by atoms with E-state index in [1.165, 1.54) is 0 Å². The lowest BCUT2D eigenvalue weighted by molar-refractivity contribution is -0.137. The summed E-state index contributed by atoms with van der Waals surface area (Å²) in [7, 11) is 0. The van der Waals surface area contributed by atoms with Crippen molar-refractivity contribution in [3.8, 4) is 5.75 Å². The topological polar surface area (TPSA) is 78.8 Å². The molecule has 1 aliphatic heterocycles. The molecule has 1 aromatic heterocycles. The van der Waals surface area contributed by atoms with Crippen molar-refractivity contribution in [1.29, 1.82) is 0 Å². The number of ether oxygens (including phenoxy) is 1. The normalized spacial score (nSPS) is 14.2. The summed E-state index contributed by atoms with van der Waals surface area (Å²) in [6.45, 7) is 3.29. The van der Waals surface area contributed by atoms with Crippen LogP contribution in [-0.2, 0) is 4.79 Å². The molecule has 0 unspecified atom stereocenters. The first-order valence-electron chi connectivity index (χ1n) is 9.56. The number of carbonyl (C=O) groups is 1. The van der Waals surface area contributed by atoms with E-state index in [4.69, 9.17) is 33.0 Å². The first-order valence-corrected chi connectivity index (χ1v) is 10.3. The molecule has 0 spiro atoms. The largest absolute Gasteiger partial charge is 0.493 e. The zero-order valence-corrected chi connectivity index (χ0v) is 17.6. The molecule has 7 nitrogen and oxygen atoms in total. The van der Waals surface area contributed by atoms with Gasteiger partial charge in [0.1, 0.15) is 11.3 Å². The van der Waals surface area contributed by atoms with E-state index >= 15 is 0 Å². The third-order valence-corrected chi connectivity index (χ3v) is 5.55. The van der Waals surface area contributed by atoms with Gasteiger partial charge in [0.15, 0.2) is 0 Å². The molecule has 2 heterocycles. The molecule has 2 aromatic carbocycles. The van der Waals surface area contributed by atoms with Gasteiger partial charge in [-0.1, -0.05) is 35.3 Å². The second kappa shape index (κ2) is 8.93. The minimum absolute atomic E-state index is 0.0571. The van der Waals surface area contributed by atoms with Gasteiger partial charge in [0.25, 0.3) is 0 Å². The third kappa shape index (κ3) is 4.52. The molecule has 0 bridgehead atoms. The molecule has 1 N–H and O–H groups in total. The maximum absolute atomic E-state index is 10.7. The number of carboxylic acid groups (broad SMARTS) is 1. The summed E-state index contributed by atoms with van der Waals surface area (Å²) in [5.41, 5.74) is 2.68. The van der Waals surface area contributed by atoms with Crippen LogP contribution in [0.15, 0.2) is 42.6 Å². The van der Waals surface area contributed by atoms with Crippen LogP contribution >= 0.6 is 23.2 Å². The number of benzene rings is 2. The molecule has 156 valence electrons. The van der Waals surface area contributed by atoms with Gasteiger partial charge < -0.3 is 19.6 Å². The molecule has 1 aliphatic rings. The summed E-state index contributed by atoms with van der Waals surface area (Å²) in [6, 6.07) is 11.2. The van der Waals surface area contributed by atoms with Gasteiger partial charge in [0, 0.05) is 48.3 Å². The van der Waals surface area contributed by atoms with Crippen molar-refractivity contribution in [2.45, 2.75) is 6.42 Å². The second-order valence-electron chi connectivity index (χ2n) is 6.98. The Morgan fingerprint density at radius 3 is 2.63 bits per heavy atom. The number of halogens is 2. The van der Waals surface area contributed by atoms with E-state index in [2.05, 4.69) is 20.0 Å². The van der Waals surface area contributed by atoms with E-state index in [1.807, 2.05) is 30.3 Å². The number of hydrogen-bond acceptors (Lipinski definition) is 6. The molecule has 0 aliphatic carbocycles. The molecule has 1 saturated heterocycles. The summed E-state index contributed by atoms with van der Waals surface area (Å²) in [5, 5.41) is 19.2. The fraction of sp³-hybridized carbons (Fsp3) is 0.286. The van der Waals surface area contributed by atoms with Gasteiger partial charge >= 0.3 is 5.97 Å². The molecule has 30 heavy (non-hydrogen) atoms. The summed E-state index contributed by atoms with van der Waals surface area (Å²) >= 11 is 12.5. The highest BCUT2D eigenvalue weighted by molar-refractivity contribution is 6.35. The molecule has 0 saturated carbocycles. The van der Waals surface area contributed by atoms with E-state index < -0.39 is 5.97 Å². The molecule has 0 atom stereocenters. The second-order valence-corrected chi connectivity index (χ2v) is 7.82. The molecule has 0 radical (unpaired) electrons. The lowest BCUT2D eigenvalue weighted by Crippen LogP contribution is -2.46. The molecule has 9 heteroatoms. The molecule has 1 fully saturated rings. The van der Waals surface area contributed by atoms with E-state index in [9.17, 15) is 4.79 Å². The minimum atomic E-state index is -0.896. The molecule has 3 aromatic rings. The number of hydrogen-bond donors (Lipinski definition) is 1. The number of nitrogens with zero attached hydrogens (tertiary/aromatic N) is 4. The standard InChI is InChI=1S/C21H20Cl2N4O3/c22-14-10-15(12-16(11-14)30-9-4-20(28)29)26-5-7-27(8-6-26)19-13-24-25-21-17(19)2-1-3-18(21)23/h1-3,10-13H,4-9H2,(H,28,29). The first kappa shape index (κ1) is 20.5. The number of aromatic nitrogens is 2. The average Bonchev–Trinajstić information content (AvgIpc) is 2.73. The van der Waals surface area contributed by atoms with Crippen LogP contribution in [0.5, 0.6) is 5.75 Å². The first-order chi connectivity index (χ1) is 14.5. The fourth-order valence-corrected chi connectivity index (χ4v) is 3.99. The zero-order chi connectivity index (χ0) is 21.1. The number of fused-ring (bicyclic) bond motifs is 1. The maximum Gasteiger partial charge on any atom is 0.306 e. The number of carboxylic acids is 1. The maximum atomic E-state index is 10.7. The molecule has 4 rings (SSSR count). The van der Waals surface area contributed by atoms with Crippen LogP contribution in [0.1, 0.15) is 6.42 Å². The van der Waals surface area contributed by atoms with Gasteiger partial charge in [-0.3, -0.25) is 4.79 Å². The van der Waals surface area contributed by atoms with Crippen molar-refractivity contribution < 1.29 is 14.6 Å². The van der Waals surface area contributed by atoms with Crippen molar-refractivity contribution in [2.75, 3.05) is 42.6 Å². The Morgan fingerprint density at radius 2 is 1.87 bits per heavy atom.